The van der Waals surface area contributed by atoms with Gasteiger partial charge >= 0.3 is 5.69 Å². The molecule has 0 bridgehead atoms. The lowest BCUT2D eigenvalue weighted by molar-refractivity contribution is 0.501. The molecular formula is C17H23FN4O2. The second-order valence-electron chi connectivity index (χ2n) is 5.45. The smallest absolute Gasteiger partial charge is 0.333 e. The lowest BCUT2D eigenvalue weighted by Crippen LogP contribution is -2.39. The summed E-state index contributed by atoms with van der Waals surface area (Å²) < 4.78 is 14.4. The minimum Gasteiger partial charge on any atom is -0.371 e. The summed E-state index contributed by atoms with van der Waals surface area (Å²) >= 11 is 0. The van der Waals surface area contributed by atoms with Crippen molar-refractivity contribution in [3.8, 4) is 5.69 Å². The summed E-state index contributed by atoms with van der Waals surface area (Å²) in [6.07, 6.45) is 2.80. The van der Waals surface area contributed by atoms with Gasteiger partial charge in [-0.3, -0.25) is 14.3 Å². The van der Waals surface area contributed by atoms with E-state index in [1.54, 1.807) is 12.1 Å². The van der Waals surface area contributed by atoms with Crippen LogP contribution in [0.5, 0.6) is 0 Å². The van der Waals surface area contributed by atoms with Gasteiger partial charge in [-0.2, -0.15) is 4.39 Å². The average molecular weight is 334 g/mol. The fourth-order valence-corrected chi connectivity index (χ4v) is 2.62. The zero-order chi connectivity index (χ0) is 17.7. The maximum absolute atomic E-state index is 13.3. The van der Waals surface area contributed by atoms with Gasteiger partial charge in [-0.05, 0) is 37.1 Å². The Balaban J connectivity index is 0.00000100. The average Bonchev–Trinajstić information content (AvgIpc) is 2.61. The van der Waals surface area contributed by atoms with E-state index in [0.29, 0.717) is 5.69 Å². The van der Waals surface area contributed by atoms with Crippen LogP contribution < -0.4 is 21.9 Å². The van der Waals surface area contributed by atoms with E-state index in [0.717, 1.165) is 42.4 Å². The number of hydrogen-bond donors (Lipinski definition) is 2. The molecule has 1 aromatic carbocycles. The Morgan fingerprint density at radius 2 is 1.62 bits per heavy atom. The maximum atomic E-state index is 13.3. The molecule has 2 aromatic rings. The van der Waals surface area contributed by atoms with E-state index in [1.165, 1.54) is 0 Å². The summed E-state index contributed by atoms with van der Waals surface area (Å²) in [6.45, 7) is 5.79. The van der Waals surface area contributed by atoms with Gasteiger partial charge in [0.2, 0.25) is 5.82 Å². The SMILES string of the molecule is CC.NC1CCN(c2ccc(-n3cc(F)c(=O)[nH]c3=O)cc2)CC1. The molecule has 1 aliphatic heterocycles. The highest BCUT2D eigenvalue weighted by atomic mass is 19.1. The van der Waals surface area contributed by atoms with Crippen molar-refractivity contribution >= 4 is 5.69 Å². The van der Waals surface area contributed by atoms with Gasteiger partial charge in [0.25, 0.3) is 5.56 Å². The van der Waals surface area contributed by atoms with Crippen molar-refractivity contribution in [3.05, 3.63) is 57.1 Å². The van der Waals surface area contributed by atoms with E-state index in [9.17, 15) is 14.0 Å². The van der Waals surface area contributed by atoms with E-state index >= 15 is 0 Å². The Labute approximate surface area is 139 Å². The van der Waals surface area contributed by atoms with E-state index in [-0.39, 0.29) is 6.04 Å². The number of piperidine rings is 1. The minimum atomic E-state index is -1.01. The molecule has 0 aliphatic carbocycles. The van der Waals surface area contributed by atoms with Crippen molar-refractivity contribution in [3.63, 3.8) is 0 Å². The zero-order valence-electron chi connectivity index (χ0n) is 14.0. The van der Waals surface area contributed by atoms with Crippen LogP contribution in [-0.4, -0.2) is 28.7 Å². The van der Waals surface area contributed by atoms with Gasteiger partial charge in [0.1, 0.15) is 0 Å². The number of nitrogens with one attached hydrogen (secondary N) is 1. The second-order valence-corrected chi connectivity index (χ2v) is 5.45. The highest BCUT2D eigenvalue weighted by Gasteiger charge is 2.16. The van der Waals surface area contributed by atoms with Crippen LogP contribution in [0.2, 0.25) is 0 Å². The highest BCUT2D eigenvalue weighted by molar-refractivity contribution is 5.51. The number of nitrogens with zero attached hydrogens (tertiary/aromatic N) is 2. The van der Waals surface area contributed by atoms with Gasteiger partial charge in [-0.15, -0.1) is 0 Å². The molecule has 0 spiro atoms. The van der Waals surface area contributed by atoms with Crippen LogP contribution in [-0.2, 0) is 0 Å². The third kappa shape index (κ3) is 3.91. The van der Waals surface area contributed by atoms with Crippen LogP contribution >= 0.6 is 0 Å². The van der Waals surface area contributed by atoms with Crippen molar-refractivity contribution < 1.29 is 4.39 Å². The first-order valence-electron chi connectivity index (χ1n) is 8.17. The molecule has 1 fully saturated rings. The quantitative estimate of drug-likeness (QED) is 0.874. The van der Waals surface area contributed by atoms with Crippen LogP contribution in [0, 0.1) is 5.82 Å². The first kappa shape index (κ1) is 17.9. The number of halogens is 1. The number of hydrogen-bond acceptors (Lipinski definition) is 4. The monoisotopic (exact) mass is 334 g/mol. The third-order valence-corrected chi connectivity index (χ3v) is 3.93. The Bertz CT molecular complexity index is 774. The molecule has 130 valence electrons. The summed E-state index contributed by atoms with van der Waals surface area (Å²) in [5.74, 6) is -0.992. The van der Waals surface area contributed by atoms with Crippen molar-refractivity contribution in [2.45, 2.75) is 32.7 Å². The predicted molar refractivity (Wildman–Crippen MR) is 93.4 cm³/mol. The molecule has 1 aromatic heterocycles. The standard InChI is InChI=1S/C15H17FN4O2.C2H6/c16-13-9-20(15(22)18-14(13)21)12-3-1-11(2-4-12)19-7-5-10(17)6-8-19;1-2/h1-4,9-10H,5-8,17H2,(H,18,21,22);1-2H3. The van der Waals surface area contributed by atoms with Gasteiger partial charge in [-0.1, -0.05) is 13.8 Å². The number of benzene rings is 1. The fraction of sp³-hybridized carbons (Fsp3) is 0.412. The summed E-state index contributed by atoms with van der Waals surface area (Å²) in [7, 11) is 0. The molecule has 2 heterocycles. The predicted octanol–water partition coefficient (Wildman–Crippen LogP) is 1.62. The van der Waals surface area contributed by atoms with Gasteiger partial charge in [0.05, 0.1) is 11.9 Å². The summed E-state index contributed by atoms with van der Waals surface area (Å²) in [4.78, 5) is 26.9. The van der Waals surface area contributed by atoms with E-state index < -0.39 is 17.1 Å². The van der Waals surface area contributed by atoms with Crippen LogP contribution in [0.15, 0.2) is 40.1 Å². The molecule has 3 rings (SSSR count). The first-order chi connectivity index (χ1) is 11.5. The maximum Gasteiger partial charge on any atom is 0.333 e. The molecule has 3 N–H and O–H groups in total. The fourth-order valence-electron chi connectivity index (χ4n) is 2.62. The van der Waals surface area contributed by atoms with Crippen LogP contribution in [0.3, 0.4) is 0 Å². The second kappa shape index (κ2) is 7.92. The topological polar surface area (TPSA) is 84.1 Å². The van der Waals surface area contributed by atoms with E-state index in [4.69, 9.17) is 5.73 Å². The van der Waals surface area contributed by atoms with Gasteiger partial charge in [0, 0.05) is 24.8 Å². The Morgan fingerprint density at radius 1 is 1.08 bits per heavy atom. The number of H-pyrrole nitrogens is 1. The van der Waals surface area contributed by atoms with Gasteiger partial charge in [0.15, 0.2) is 0 Å². The summed E-state index contributed by atoms with van der Waals surface area (Å²) in [5.41, 5.74) is 5.75. The molecule has 1 saturated heterocycles. The van der Waals surface area contributed by atoms with E-state index in [2.05, 4.69) is 4.90 Å². The number of anilines is 1. The Morgan fingerprint density at radius 3 is 2.21 bits per heavy atom. The lowest BCUT2D eigenvalue weighted by Gasteiger charge is -2.32. The largest absolute Gasteiger partial charge is 0.371 e. The number of nitrogens with two attached hydrogens (primary N) is 1. The molecule has 0 radical (unpaired) electrons. The number of aromatic amines is 1. The van der Waals surface area contributed by atoms with Crippen molar-refractivity contribution in [1.29, 1.82) is 0 Å². The van der Waals surface area contributed by atoms with Gasteiger partial charge < -0.3 is 10.6 Å². The highest BCUT2D eigenvalue weighted by Crippen LogP contribution is 2.20. The summed E-state index contributed by atoms with van der Waals surface area (Å²) in [6, 6.07) is 7.47. The number of rotatable bonds is 2. The van der Waals surface area contributed by atoms with E-state index in [1.807, 2.05) is 31.0 Å². The molecule has 6 nitrogen and oxygen atoms in total. The molecule has 1 aliphatic rings. The molecule has 0 amide bonds. The zero-order valence-corrected chi connectivity index (χ0v) is 14.0. The normalized spacial score (nSPS) is 14.9. The van der Waals surface area contributed by atoms with Crippen LogP contribution in [0.4, 0.5) is 10.1 Å². The molecule has 7 heteroatoms. The van der Waals surface area contributed by atoms with Crippen molar-refractivity contribution in [1.82, 2.24) is 9.55 Å². The van der Waals surface area contributed by atoms with Gasteiger partial charge in [-0.25, -0.2) is 4.79 Å². The molecule has 0 unspecified atom stereocenters. The molecular weight excluding hydrogens is 311 g/mol. The van der Waals surface area contributed by atoms with Crippen molar-refractivity contribution in [2.75, 3.05) is 18.0 Å². The summed E-state index contributed by atoms with van der Waals surface area (Å²) in [5, 5.41) is 0. The number of aromatic nitrogens is 2. The minimum absolute atomic E-state index is 0.262. The Kier molecular flexibility index (Phi) is 5.92. The lowest BCUT2D eigenvalue weighted by atomic mass is 10.1. The molecule has 24 heavy (non-hydrogen) atoms. The van der Waals surface area contributed by atoms with Crippen molar-refractivity contribution in [2.24, 2.45) is 5.73 Å². The molecule has 0 atom stereocenters. The first-order valence-corrected chi connectivity index (χ1v) is 8.17. The Hall–Kier alpha value is -2.41. The third-order valence-electron chi connectivity index (χ3n) is 3.93. The van der Waals surface area contributed by atoms with Crippen LogP contribution in [0.25, 0.3) is 5.69 Å². The molecule has 0 saturated carbocycles. The van der Waals surface area contributed by atoms with Crippen LogP contribution in [0.1, 0.15) is 26.7 Å².